The molecule has 1 rings (SSSR count). The quantitative estimate of drug-likeness (QED) is 0.462. The van der Waals surface area contributed by atoms with Crippen LogP contribution in [0.15, 0.2) is 0 Å². The van der Waals surface area contributed by atoms with Crippen molar-refractivity contribution in [1.82, 2.24) is 0 Å². The average molecular weight is 206 g/mol. The topological polar surface area (TPSA) is 96.2 Å². The summed E-state index contributed by atoms with van der Waals surface area (Å²) in [6.07, 6.45) is -4.52. The summed E-state index contributed by atoms with van der Waals surface area (Å²) in [5.41, 5.74) is 0. The molecule has 6 heteroatoms. The minimum absolute atomic E-state index is 0.285. The monoisotopic (exact) mass is 206 g/mol. The number of esters is 1. The van der Waals surface area contributed by atoms with Gasteiger partial charge in [0.1, 0.15) is 12.2 Å². The lowest BCUT2D eigenvalue weighted by Gasteiger charge is -2.21. The lowest BCUT2D eigenvalue weighted by atomic mass is 10.1. The maximum atomic E-state index is 10.9. The van der Waals surface area contributed by atoms with E-state index < -0.39 is 37.0 Å². The second-order valence-corrected chi connectivity index (χ2v) is 3.02. The van der Waals surface area contributed by atoms with Crippen molar-refractivity contribution >= 4 is 5.97 Å². The van der Waals surface area contributed by atoms with Gasteiger partial charge in [0.05, 0.1) is 6.61 Å². The largest absolute Gasteiger partial charge is 0.455 e. The molecule has 82 valence electrons. The van der Waals surface area contributed by atoms with Crippen LogP contribution in [0.25, 0.3) is 0 Å². The zero-order chi connectivity index (χ0) is 10.7. The van der Waals surface area contributed by atoms with Crippen molar-refractivity contribution < 1.29 is 29.6 Å². The minimum Gasteiger partial charge on any atom is -0.455 e. The SMILES string of the molecule is CCOC1C(O)C(=O)O[C@@H]1[C@@H](O)CO. The standard InChI is InChI=1S/C8H14O6/c1-2-13-7-5(11)8(12)14-6(7)4(10)3-9/h4-7,9-11H,2-3H2,1H3/t4-,5?,6+,7?/m0/s1. The molecular weight excluding hydrogens is 192 g/mol. The van der Waals surface area contributed by atoms with E-state index >= 15 is 0 Å². The molecule has 14 heavy (non-hydrogen) atoms. The first-order valence-electron chi connectivity index (χ1n) is 4.40. The molecule has 4 atom stereocenters. The molecule has 0 aromatic heterocycles. The van der Waals surface area contributed by atoms with Gasteiger partial charge in [0, 0.05) is 6.61 Å². The van der Waals surface area contributed by atoms with E-state index in [1.807, 2.05) is 0 Å². The zero-order valence-corrected chi connectivity index (χ0v) is 7.79. The third kappa shape index (κ3) is 2.03. The van der Waals surface area contributed by atoms with Gasteiger partial charge in [-0.05, 0) is 6.92 Å². The molecule has 1 aliphatic heterocycles. The molecule has 1 fully saturated rings. The van der Waals surface area contributed by atoms with Crippen molar-refractivity contribution in [3.63, 3.8) is 0 Å². The van der Waals surface area contributed by atoms with Gasteiger partial charge in [-0.1, -0.05) is 0 Å². The summed E-state index contributed by atoms with van der Waals surface area (Å²) in [5, 5.41) is 27.3. The molecule has 0 radical (unpaired) electrons. The summed E-state index contributed by atoms with van der Waals surface area (Å²) < 4.78 is 9.72. The number of aliphatic hydroxyl groups is 3. The average Bonchev–Trinajstić information content (AvgIpc) is 2.45. The van der Waals surface area contributed by atoms with Crippen LogP contribution in [0.1, 0.15) is 6.92 Å². The lowest BCUT2D eigenvalue weighted by molar-refractivity contribution is -0.151. The third-order valence-corrected chi connectivity index (χ3v) is 2.05. The number of hydrogen-bond acceptors (Lipinski definition) is 6. The number of cyclic esters (lactones) is 1. The fourth-order valence-corrected chi connectivity index (χ4v) is 1.36. The van der Waals surface area contributed by atoms with E-state index in [4.69, 9.17) is 9.84 Å². The summed E-state index contributed by atoms with van der Waals surface area (Å²) in [5.74, 6) is -0.832. The van der Waals surface area contributed by atoms with Crippen LogP contribution in [0, 0.1) is 0 Å². The molecule has 1 aliphatic rings. The predicted molar refractivity (Wildman–Crippen MR) is 44.4 cm³/mol. The van der Waals surface area contributed by atoms with Gasteiger partial charge in [0.2, 0.25) is 0 Å². The number of rotatable bonds is 4. The van der Waals surface area contributed by atoms with E-state index in [-0.39, 0.29) is 6.61 Å². The Morgan fingerprint density at radius 2 is 2.29 bits per heavy atom. The summed E-state index contributed by atoms with van der Waals surface area (Å²) in [7, 11) is 0. The van der Waals surface area contributed by atoms with Gasteiger partial charge in [-0.15, -0.1) is 0 Å². The molecule has 0 aliphatic carbocycles. The van der Waals surface area contributed by atoms with Crippen molar-refractivity contribution in [1.29, 1.82) is 0 Å². The van der Waals surface area contributed by atoms with Crippen molar-refractivity contribution in [3.05, 3.63) is 0 Å². The Bertz CT molecular complexity index is 206. The second kappa shape index (κ2) is 4.70. The lowest BCUT2D eigenvalue weighted by Crippen LogP contribution is -2.42. The highest BCUT2D eigenvalue weighted by molar-refractivity contribution is 5.77. The van der Waals surface area contributed by atoms with E-state index in [0.29, 0.717) is 0 Å². The van der Waals surface area contributed by atoms with Gasteiger partial charge in [-0.2, -0.15) is 0 Å². The van der Waals surface area contributed by atoms with Gasteiger partial charge in [0.25, 0.3) is 0 Å². The highest BCUT2D eigenvalue weighted by Crippen LogP contribution is 2.21. The van der Waals surface area contributed by atoms with Crippen molar-refractivity contribution in [2.24, 2.45) is 0 Å². The van der Waals surface area contributed by atoms with Gasteiger partial charge in [0.15, 0.2) is 12.2 Å². The van der Waals surface area contributed by atoms with Crippen LogP contribution in [-0.4, -0.2) is 58.9 Å². The Morgan fingerprint density at radius 1 is 1.64 bits per heavy atom. The van der Waals surface area contributed by atoms with Crippen LogP contribution in [-0.2, 0) is 14.3 Å². The number of aliphatic hydroxyl groups excluding tert-OH is 3. The number of hydrogen-bond donors (Lipinski definition) is 3. The molecule has 0 aromatic rings. The van der Waals surface area contributed by atoms with E-state index in [2.05, 4.69) is 4.74 Å². The highest BCUT2D eigenvalue weighted by atomic mass is 16.6. The van der Waals surface area contributed by atoms with E-state index in [1.165, 1.54) is 0 Å². The molecule has 0 saturated carbocycles. The Kier molecular flexibility index (Phi) is 3.82. The number of carbonyl (C=O) groups excluding carboxylic acids is 1. The van der Waals surface area contributed by atoms with Crippen molar-refractivity contribution in [3.8, 4) is 0 Å². The Hall–Kier alpha value is -0.690. The van der Waals surface area contributed by atoms with Gasteiger partial charge in [-0.25, -0.2) is 4.79 Å². The first-order chi connectivity index (χ1) is 6.61. The van der Waals surface area contributed by atoms with Crippen LogP contribution in [0.3, 0.4) is 0 Å². The van der Waals surface area contributed by atoms with Gasteiger partial charge < -0.3 is 24.8 Å². The van der Waals surface area contributed by atoms with Gasteiger partial charge >= 0.3 is 5.97 Å². The number of ether oxygens (including phenoxy) is 2. The van der Waals surface area contributed by atoms with Gasteiger partial charge in [-0.3, -0.25) is 0 Å². The Balaban J connectivity index is 2.69. The molecule has 3 N–H and O–H groups in total. The van der Waals surface area contributed by atoms with Crippen LogP contribution in [0.2, 0.25) is 0 Å². The zero-order valence-electron chi connectivity index (χ0n) is 7.79. The third-order valence-electron chi connectivity index (χ3n) is 2.05. The van der Waals surface area contributed by atoms with E-state index in [0.717, 1.165) is 0 Å². The summed E-state index contributed by atoms with van der Waals surface area (Å²) in [6.45, 7) is 1.43. The molecule has 0 bridgehead atoms. The van der Waals surface area contributed by atoms with Crippen LogP contribution < -0.4 is 0 Å². The summed E-state index contributed by atoms with van der Waals surface area (Å²) >= 11 is 0. The molecule has 6 nitrogen and oxygen atoms in total. The first kappa shape index (κ1) is 11.4. The van der Waals surface area contributed by atoms with Crippen LogP contribution >= 0.6 is 0 Å². The summed E-state index contributed by atoms with van der Waals surface area (Å²) in [4.78, 5) is 10.9. The highest BCUT2D eigenvalue weighted by Gasteiger charge is 2.47. The predicted octanol–water partition coefficient (Wildman–Crippen LogP) is -1.97. The maximum absolute atomic E-state index is 10.9. The maximum Gasteiger partial charge on any atom is 0.338 e. The Labute approximate surface area is 81.1 Å². The number of carbonyl (C=O) groups is 1. The molecular formula is C8H14O6. The van der Waals surface area contributed by atoms with Crippen LogP contribution in [0.5, 0.6) is 0 Å². The molecule has 0 aromatic carbocycles. The molecule has 0 spiro atoms. The molecule has 2 unspecified atom stereocenters. The van der Waals surface area contributed by atoms with E-state index in [1.54, 1.807) is 6.92 Å². The molecule has 1 saturated heterocycles. The normalized spacial score (nSPS) is 34.3. The van der Waals surface area contributed by atoms with E-state index in [9.17, 15) is 15.0 Å². The Morgan fingerprint density at radius 3 is 2.79 bits per heavy atom. The minimum atomic E-state index is -1.39. The second-order valence-electron chi connectivity index (χ2n) is 3.02. The fraction of sp³-hybridized carbons (Fsp3) is 0.875. The summed E-state index contributed by atoms with van der Waals surface area (Å²) in [6, 6.07) is 0. The molecule has 1 heterocycles. The van der Waals surface area contributed by atoms with Crippen LogP contribution in [0.4, 0.5) is 0 Å². The van der Waals surface area contributed by atoms with Crippen molar-refractivity contribution in [2.75, 3.05) is 13.2 Å². The first-order valence-corrected chi connectivity index (χ1v) is 4.40. The fourth-order valence-electron chi connectivity index (χ4n) is 1.36. The van der Waals surface area contributed by atoms with Crippen molar-refractivity contribution in [2.45, 2.75) is 31.3 Å². The smallest absolute Gasteiger partial charge is 0.338 e. The molecule has 0 amide bonds.